The van der Waals surface area contributed by atoms with E-state index in [9.17, 15) is 9.59 Å². The molecule has 2 aromatic carbocycles. The first-order valence-electron chi connectivity index (χ1n) is 15.9. The van der Waals surface area contributed by atoms with Crippen molar-refractivity contribution in [3.63, 3.8) is 0 Å². The second kappa shape index (κ2) is 20.6. The highest BCUT2D eigenvalue weighted by Crippen LogP contribution is 2.41. The summed E-state index contributed by atoms with van der Waals surface area (Å²) in [5.74, 6) is 0.200. The average molecular weight is 611 g/mol. The third-order valence-corrected chi connectivity index (χ3v) is 8.38. The van der Waals surface area contributed by atoms with E-state index in [1.807, 2.05) is 18.2 Å². The molecule has 3 rings (SSSR count). The fraction of sp³-hybridized carbons (Fsp3) is 0.514. The van der Waals surface area contributed by atoms with Gasteiger partial charge in [0.1, 0.15) is 5.82 Å². The molecule has 242 valence electrons. The van der Waals surface area contributed by atoms with Crippen LogP contribution in [-0.4, -0.2) is 49.1 Å². The first-order chi connectivity index (χ1) is 21.2. The zero-order valence-corrected chi connectivity index (χ0v) is 26.6. The normalized spacial score (nSPS) is 16.7. The van der Waals surface area contributed by atoms with Gasteiger partial charge in [0, 0.05) is 5.56 Å². The molecule has 2 N–H and O–H groups in total. The van der Waals surface area contributed by atoms with Gasteiger partial charge in [0.05, 0.1) is 32.0 Å². The Morgan fingerprint density at radius 3 is 2.23 bits per heavy atom. The molecule has 0 bridgehead atoms. The Labute approximate surface area is 263 Å². The molecule has 6 nitrogen and oxygen atoms in total. The van der Waals surface area contributed by atoms with Gasteiger partial charge in [-0.25, -0.2) is 9.18 Å². The maximum absolute atomic E-state index is 15.2. The number of carbonyl (C=O) groups is 2. The number of unbranched alkanes of at least 4 members (excludes halogenated alkanes) is 2. The summed E-state index contributed by atoms with van der Waals surface area (Å²) in [7, 11) is 0. The zero-order valence-electron chi connectivity index (χ0n) is 26.6. The minimum atomic E-state index is -0.586. The van der Waals surface area contributed by atoms with Gasteiger partial charge >= 0.3 is 5.97 Å². The number of benzene rings is 2. The highest BCUT2D eigenvalue weighted by atomic mass is 19.1. The van der Waals surface area contributed by atoms with Crippen molar-refractivity contribution < 1.29 is 33.7 Å². The summed E-state index contributed by atoms with van der Waals surface area (Å²) < 4.78 is 25.4. The standard InChI is InChI=1S/C33H43FO5.C4H8O/c1-3-4-5-6-25-7-9-29(10-8-25)31-16-15-30(21-32(31)34)27-13-11-26(12-14-27)28(17-19-38-23-36)18-20-39-33(37)24(2)22-35;1-4(2)3-5/h7-10,15-16,21,23,26-28,35H,2-6,11-14,17-20,22H2,1H3;5H,1,3H2,2H3. The van der Waals surface area contributed by atoms with Crippen molar-refractivity contribution in [3.8, 4) is 11.1 Å². The summed E-state index contributed by atoms with van der Waals surface area (Å²) in [6.45, 7) is 11.6. The maximum atomic E-state index is 15.2. The Hall–Kier alpha value is -3.29. The highest BCUT2D eigenvalue weighted by molar-refractivity contribution is 5.87. The van der Waals surface area contributed by atoms with Crippen molar-refractivity contribution in [2.24, 2.45) is 11.8 Å². The van der Waals surface area contributed by atoms with Gasteiger partial charge in [0.2, 0.25) is 0 Å². The summed E-state index contributed by atoms with van der Waals surface area (Å²) in [5, 5.41) is 17.1. The molecule has 0 aliphatic heterocycles. The lowest BCUT2D eigenvalue weighted by Gasteiger charge is -2.34. The summed E-state index contributed by atoms with van der Waals surface area (Å²) in [5.41, 5.74) is 4.74. The van der Waals surface area contributed by atoms with Crippen LogP contribution in [0.25, 0.3) is 11.1 Å². The summed E-state index contributed by atoms with van der Waals surface area (Å²) in [6.07, 6.45) is 9.92. The molecule has 0 radical (unpaired) electrons. The summed E-state index contributed by atoms with van der Waals surface area (Å²) in [6, 6.07) is 14.0. The van der Waals surface area contributed by atoms with Crippen LogP contribution in [0.15, 0.2) is 66.8 Å². The molecule has 1 fully saturated rings. The lowest BCUT2D eigenvalue weighted by Crippen LogP contribution is -2.24. The first kappa shape index (κ1) is 36.9. The van der Waals surface area contributed by atoms with Crippen LogP contribution in [0, 0.1) is 17.7 Å². The van der Waals surface area contributed by atoms with Crippen molar-refractivity contribution >= 4 is 12.4 Å². The van der Waals surface area contributed by atoms with E-state index >= 15 is 4.39 Å². The lowest BCUT2D eigenvalue weighted by molar-refractivity contribution is -0.140. The predicted octanol–water partition coefficient (Wildman–Crippen LogP) is 7.72. The second-order valence-electron chi connectivity index (χ2n) is 11.8. The number of hydrogen-bond acceptors (Lipinski definition) is 6. The number of hydrogen-bond donors (Lipinski definition) is 2. The number of halogens is 1. The van der Waals surface area contributed by atoms with E-state index in [2.05, 4.69) is 38.3 Å². The van der Waals surface area contributed by atoms with E-state index in [1.54, 1.807) is 13.0 Å². The molecule has 1 aliphatic rings. The Morgan fingerprint density at radius 1 is 1.00 bits per heavy atom. The minimum absolute atomic E-state index is 0.0361. The molecule has 0 saturated heterocycles. The number of ether oxygens (including phenoxy) is 2. The van der Waals surface area contributed by atoms with Crippen LogP contribution in [0.1, 0.15) is 88.7 Å². The SMILES string of the molecule is C=C(C)CO.C=C(CO)C(=O)OCCC(CCOC=O)C1CCC(c2ccc(-c3ccc(CCCCC)cc3)c(F)c2)CC1. The van der Waals surface area contributed by atoms with E-state index < -0.39 is 12.6 Å². The number of aryl methyl sites for hydroxylation is 1. The highest BCUT2D eigenvalue weighted by Gasteiger charge is 2.29. The van der Waals surface area contributed by atoms with E-state index in [1.165, 1.54) is 24.8 Å². The van der Waals surface area contributed by atoms with Gasteiger partial charge in [0.25, 0.3) is 6.47 Å². The van der Waals surface area contributed by atoms with Crippen molar-refractivity contribution in [2.75, 3.05) is 26.4 Å². The minimum Gasteiger partial charge on any atom is -0.468 e. The quantitative estimate of drug-likeness (QED) is 0.0627. The molecular weight excluding hydrogens is 559 g/mol. The molecule has 1 atom stereocenters. The third kappa shape index (κ3) is 12.7. The maximum Gasteiger partial charge on any atom is 0.335 e. The molecule has 0 heterocycles. The Bertz CT molecular complexity index is 1170. The van der Waals surface area contributed by atoms with E-state index in [-0.39, 0.29) is 30.5 Å². The van der Waals surface area contributed by atoms with Gasteiger partial charge in [-0.3, -0.25) is 4.79 Å². The molecule has 44 heavy (non-hydrogen) atoms. The van der Waals surface area contributed by atoms with Gasteiger partial charge in [0.15, 0.2) is 0 Å². The lowest BCUT2D eigenvalue weighted by atomic mass is 9.72. The third-order valence-electron chi connectivity index (χ3n) is 8.38. The van der Waals surface area contributed by atoms with Gasteiger partial charge in [-0.1, -0.05) is 74.9 Å². The molecule has 0 aromatic heterocycles. The van der Waals surface area contributed by atoms with Crippen LogP contribution < -0.4 is 0 Å². The fourth-order valence-corrected chi connectivity index (χ4v) is 5.73. The molecule has 2 aromatic rings. The van der Waals surface area contributed by atoms with Crippen molar-refractivity contribution in [1.82, 2.24) is 0 Å². The number of carbonyl (C=O) groups excluding carboxylic acids is 2. The topological polar surface area (TPSA) is 93.1 Å². The van der Waals surface area contributed by atoms with Crippen molar-refractivity contribution in [1.29, 1.82) is 0 Å². The number of rotatable bonds is 17. The molecule has 1 saturated carbocycles. The van der Waals surface area contributed by atoms with E-state index in [4.69, 9.17) is 19.7 Å². The van der Waals surface area contributed by atoms with Crippen LogP contribution in [0.2, 0.25) is 0 Å². The molecule has 1 unspecified atom stereocenters. The van der Waals surface area contributed by atoms with E-state index in [0.717, 1.165) is 48.8 Å². The second-order valence-corrected chi connectivity index (χ2v) is 11.8. The molecule has 0 amide bonds. The zero-order chi connectivity index (χ0) is 32.3. The molecule has 0 spiro atoms. The summed E-state index contributed by atoms with van der Waals surface area (Å²) in [4.78, 5) is 22.4. The monoisotopic (exact) mass is 610 g/mol. The van der Waals surface area contributed by atoms with Gasteiger partial charge < -0.3 is 19.7 Å². The van der Waals surface area contributed by atoms with Crippen LogP contribution >= 0.6 is 0 Å². The van der Waals surface area contributed by atoms with E-state index in [0.29, 0.717) is 43.3 Å². The van der Waals surface area contributed by atoms with Crippen LogP contribution in [0.3, 0.4) is 0 Å². The van der Waals surface area contributed by atoms with Crippen molar-refractivity contribution in [3.05, 3.63) is 83.7 Å². The van der Waals surface area contributed by atoms with Crippen LogP contribution in [0.5, 0.6) is 0 Å². The predicted molar refractivity (Wildman–Crippen MR) is 174 cm³/mol. The first-order valence-corrected chi connectivity index (χ1v) is 15.9. The molecule has 1 aliphatic carbocycles. The Kier molecular flexibility index (Phi) is 17.3. The van der Waals surface area contributed by atoms with Gasteiger partial charge in [-0.05, 0) is 98.8 Å². The fourth-order valence-electron chi connectivity index (χ4n) is 5.73. The Balaban J connectivity index is 0.00000125. The molecule has 7 heteroatoms. The van der Waals surface area contributed by atoms with Crippen LogP contribution in [-0.2, 0) is 25.5 Å². The smallest absolute Gasteiger partial charge is 0.335 e. The van der Waals surface area contributed by atoms with Gasteiger partial charge in [-0.15, -0.1) is 0 Å². The number of esters is 1. The van der Waals surface area contributed by atoms with Crippen molar-refractivity contribution in [2.45, 2.75) is 84.0 Å². The van der Waals surface area contributed by atoms with Gasteiger partial charge in [-0.2, -0.15) is 0 Å². The number of aliphatic hydroxyl groups is 2. The Morgan fingerprint density at radius 2 is 1.66 bits per heavy atom. The van der Waals surface area contributed by atoms with Crippen LogP contribution in [0.4, 0.5) is 4.39 Å². The largest absolute Gasteiger partial charge is 0.468 e. The molecular formula is C37H51FO6. The average Bonchev–Trinajstić information content (AvgIpc) is 3.04. The summed E-state index contributed by atoms with van der Waals surface area (Å²) >= 11 is 0. The number of aliphatic hydroxyl groups excluding tert-OH is 2.